The summed E-state index contributed by atoms with van der Waals surface area (Å²) in [6.45, 7) is 4.24. The molecule has 1 atom stereocenters. The number of rotatable bonds is 7. The SMILES string of the molecule is Cc1sc(-c2ccc(C(F)(F)F)cc2)nc1[C@H](C)COc1cccc2scc(CC(=O)O)c12. The van der Waals surface area contributed by atoms with Gasteiger partial charge in [-0.3, -0.25) is 4.79 Å². The molecule has 0 fully saturated rings. The largest absolute Gasteiger partial charge is 0.492 e. The van der Waals surface area contributed by atoms with Gasteiger partial charge in [-0.05, 0) is 42.1 Å². The molecule has 9 heteroatoms. The number of nitrogens with zero attached hydrogens (tertiary/aromatic N) is 1. The number of thiophene rings is 1. The van der Waals surface area contributed by atoms with Crippen LogP contribution in [0.25, 0.3) is 20.7 Å². The zero-order valence-electron chi connectivity index (χ0n) is 17.8. The Hall–Kier alpha value is -2.91. The predicted molar refractivity (Wildman–Crippen MR) is 124 cm³/mol. The number of fused-ring (bicyclic) bond motifs is 1. The Kier molecular flexibility index (Phi) is 6.45. The molecule has 1 N–H and O–H groups in total. The summed E-state index contributed by atoms with van der Waals surface area (Å²) in [5.41, 5.74) is 1.50. The van der Waals surface area contributed by atoms with Crippen LogP contribution in [0.4, 0.5) is 13.2 Å². The van der Waals surface area contributed by atoms with Crippen LogP contribution in [0.15, 0.2) is 47.8 Å². The van der Waals surface area contributed by atoms with Crippen molar-refractivity contribution in [3.8, 4) is 16.3 Å². The summed E-state index contributed by atoms with van der Waals surface area (Å²) in [7, 11) is 0. The van der Waals surface area contributed by atoms with Crippen molar-refractivity contribution < 1.29 is 27.8 Å². The number of hydrogen-bond acceptors (Lipinski definition) is 5. The molecule has 2 aromatic heterocycles. The van der Waals surface area contributed by atoms with Gasteiger partial charge in [0.25, 0.3) is 0 Å². The van der Waals surface area contributed by atoms with Crippen molar-refractivity contribution in [1.29, 1.82) is 0 Å². The smallest absolute Gasteiger partial charge is 0.416 e. The minimum atomic E-state index is -4.37. The van der Waals surface area contributed by atoms with Gasteiger partial charge in [-0.1, -0.05) is 25.1 Å². The van der Waals surface area contributed by atoms with E-state index in [4.69, 9.17) is 4.74 Å². The second-order valence-corrected chi connectivity index (χ2v) is 9.82. The van der Waals surface area contributed by atoms with Crippen LogP contribution in [0.3, 0.4) is 0 Å². The maximum absolute atomic E-state index is 12.8. The van der Waals surface area contributed by atoms with E-state index in [2.05, 4.69) is 4.98 Å². The predicted octanol–water partition coefficient (Wildman–Crippen LogP) is 7.16. The topological polar surface area (TPSA) is 59.4 Å². The van der Waals surface area contributed by atoms with Gasteiger partial charge in [-0.15, -0.1) is 22.7 Å². The lowest BCUT2D eigenvalue weighted by molar-refractivity contribution is -0.138. The Bertz CT molecular complexity index is 1290. The molecule has 0 aliphatic rings. The van der Waals surface area contributed by atoms with Gasteiger partial charge in [0.15, 0.2) is 0 Å². The fourth-order valence-corrected chi connectivity index (χ4v) is 5.63. The first-order chi connectivity index (χ1) is 15.6. The van der Waals surface area contributed by atoms with E-state index in [0.29, 0.717) is 22.9 Å². The molecule has 0 radical (unpaired) electrons. The molecule has 0 amide bonds. The summed E-state index contributed by atoms with van der Waals surface area (Å²) < 4.78 is 45.5. The Morgan fingerprint density at radius 2 is 1.91 bits per heavy atom. The third-order valence-electron chi connectivity index (χ3n) is 5.23. The van der Waals surface area contributed by atoms with E-state index in [9.17, 15) is 23.1 Å². The molecule has 4 nitrogen and oxygen atoms in total. The fourth-order valence-electron chi connectivity index (χ4n) is 3.62. The number of carboxylic acid groups (broad SMARTS) is 1. The van der Waals surface area contributed by atoms with E-state index in [1.54, 1.807) is 0 Å². The third-order valence-corrected chi connectivity index (χ3v) is 7.26. The molecule has 0 unspecified atom stereocenters. The molecule has 4 aromatic rings. The number of halogens is 3. The Balaban J connectivity index is 1.52. The molecule has 33 heavy (non-hydrogen) atoms. The second kappa shape index (κ2) is 9.15. The number of aryl methyl sites for hydroxylation is 1. The van der Waals surface area contributed by atoms with E-state index < -0.39 is 17.7 Å². The van der Waals surface area contributed by atoms with E-state index >= 15 is 0 Å². The van der Waals surface area contributed by atoms with Crippen molar-refractivity contribution in [3.63, 3.8) is 0 Å². The van der Waals surface area contributed by atoms with Crippen LogP contribution < -0.4 is 4.74 Å². The zero-order valence-corrected chi connectivity index (χ0v) is 19.4. The first kappa shape index (κ1) is 23.3. The molecular formula is C24H20F3NO3S2. The quantitative estimate of drug-likeness (QED) is 0.298. The number of carbonyl (C=O) groups is 1. The van der Waals surface area contributed by atoms with Gasteiger partial charge in [0.05, 0.1) is 24.3 Å². The Morgan fingerprint density at radius 3 is 2.58 bits per heavy atom. The lowest BCUT2D eigenvalue weighted by atomic mass is 10.1. The number of alkyl halides is 3. The summed E-state index contributed by atoms with van der Waals surface area (Å²) in [6, 6.07) is 10.6. The van der Waals surface area contributed by atoms with Crippen molar-refractivity contribution in [3.05, 3.63) is 69.5 Å². The van der Waals surface area contributed by atoms with Gasteiger partial charge in [-0.25, -0.2) is 4.98 Å². The van der Waals surface area contributed by atoms with Crippen LogP contribution in [-0.2, 0) is 17.4 Å². The highest BCUT2D eigenvalue weighted by Gasteiger charge is 2.30. The maximum Gasteiger partial charge on any atom is 0.416 e. The van der Waals surface area contributed by atoms with Crippen LogP contribution in [0.2, 0.25) is 0 Å². The van der Waals surface area contributed by atoms with Crippen LogP contribution in [0, 0.1) is 6.92 Å². The average Bonchev–Trinajstić information content (AvgIpc) is 3.35. The summed E-state index contributed by atoms with van der Waals surface area (Å²) in [6.07, 6.45) is -4.44. The minimum Gasteiger partial charge on any atom is -0.492 e. The number of ether oxygens (including phenoxy) is 1. The number of aliphatic carboxylic acids is 1. The van der Waals surface area contributed by atoms with Gasteiger partial charge in [0, 0.05) is 26.4 Å². The molecule has 4 rings (SSSR count). The minimum absolute atomic E-state index is 0.0683. The monoisotopic (exact) mass is 491 g/mol. The number of thiazole rings is 1. The molecule has 0 aliphatic carbocycles. The van der Waals surface area contributed by atoms with Gasteiger partial charge in [0.1, 0.15) is 10.8 Å². The van der Waals surface area contributed by atoms with Crippen LogP contribution >= 0.6 is 22.7 Å². The molecule has 0 saturated heterocycles. The number of benzene rings is 2. The first-order valence-corrected chi connectivity index (χ1v) is 11.8. The fraction of sp³-hybridized carbons (Fsp3) is 0.250. The molecule has 2 aromatic carbocycles. The second-order valence-electron chi connectivity index (χ2n) is 7.71. The number of hydrogen-bond donors (Lipinski definition) is 1. The van der Waals surface area contributed by atoms with E-state index in [1.807, 2.05) is 37.4 Å². The summed E-state index contributed by atoms with van der Waals surface area (Å²) in [5.74, 6) is -0.333. The molecule has 2 heterocycles. The van der Waals surface area contributed by atoms with Crippen molar-refractivity contribution in [2.24, 2.45) is 0 Å². The summed E-state index contributed by atoms with van der Waals surface area (Å²) in [4.78, 5) is 16.8. The molecular weight excluding hydrogens is 471 g/mol. The highest BCUT2D eigenvalue weighted by Crippen LogP contribution is 2.37. The van der Waals surface area contributed by atoms with Crippen molar-refractivity contribution in [2.75, 3.05) is 6.61 Å². The highest BCUT2D eigenvalue weighted by molar-refractivity contribution is 7.17. The maximum atomic E-state index is 12.8. The standard InChI is InChI=1S/C24H20F3NO3S2/c1-13(11-31-18-4-3-5-19-21(18)16(12-32-19)10-20(29)30)22-14(2)33-23(28-22)15-6-8-17(9-7-15)24(25,26)27/h3-9,12-13H,10-11H2,1-2H3,(H,29,30)/t13-/m1/s1. The van der Waals surface area contributed by atoms with Crippen molar-refractivity contribution in [2.45, 2.75) is 32.4 Å². The average molecular weight is 492 g/mol. The lowest BCUT2D eigenvalue weighted by Crippen LogP contribution is -2.09. The molecule has 0 spiro atoms. The lowest BCUT2D eigenvalue weighted by Gasteiger charge is -2.14. The van der Waals surface area contributed by atoms with E-state index in [-0.39, 0.29) is 12.3 Å². The van der Waals surface area contributed by atoms with Crippen molar-refractivity contribution in [1.82, 2.24) is 4.98 Å². The van der Waals surface area contributed by atoms with Gasteiger partial charge >= 0.3 is 12.1 Å². The molecule has 0 saturated carbocycles. The Labute approximate surface area is 196 Å². The van der Waals surface area contributed by atoms with Gasteiger partial charge in [0.2, 0.25) is 0 Å². The molecule has 0 bridgehead atoms. The highest BCUT2D eigenvalue weighted by atomic mass is 32.1. The third kappa shape index (κ3) is 5.04. The molecule has 0 aliphatic heterocycles. The summed E-state index contributed by atoms with van der Waals surface area (Å²) in [5, 5.41) is 12.5. The van der Waals surface area contributed by atoms with E-state index in [1.165, 1.54) is 34.8 Å². The van der Waals surface area contributed by atoms with Crippen LogP contribution in [0.5, 0.6) is 5.75 Å². The number of carboxylic acids is 1. The van der Waals surface area contributed by atoms with Gasteiger partial charge < -0.3 is 9.84 Å². The Morgan fingerprint density at radius 1 is 1.18 bits per heavy atom. The molecule has 172 valence electrons. The van der Waals surface area contributed by atoms with Crippen LogP contribution in [0.1, 0.15) is 34.5 Å². The van der Waals surface area contributed by atoms with E-state index in [0.717, 1.165) is 38.4 Å². The van der Waals surface area contributed by atoms with Gasteiger partial charge in [-0.2, -0.15) is 13.2 Å². The first-order valence-electron chi connectivity index (χ1n) is 10.1. The summed E-state index contributed by atoms with van der Waals surface area (Å²) >= 11 is 2.91. The zero-order chi connectivity index (χ0) is 23.8. The van der Waals surface area contributed by atoms with Crippen LogP contribution in [-0.4, -0.2) is 22.7 Å². The van der Waals surface area contributed by atoms with Crippen molar-refractivity contribution >= 4 is 38.7 Å². The normalized spacial score (nSPS) is 12.8. The number of aromatic nitrogens is 1.